The summed E-state index contributed by atoms with van der Waals surface area (Å²) < 4.78 is 10.5. The van der Waals surface area contributed by atoms with Crippen LogP contribution in [0.15, 0.2) is 18.2 Å². The van der Waals surface area contributed by atoms with Gasteiger partial charge in [0.25, 0.3) is 5.91 Å². The van der Waals surface area contributed by atoms with E-state index in [-0.39, 0.29) is 18.4 Å². The van der Waals surface area contributed by atoms with Gasteiger partial charge in [-0.05, 0) is 24.6 Å². The smallest absolute Gasteiger partial charge is 0.275 e. The Morgan fingerprint density at radius 3 is 2.42 bits per heavy atom. The van der Waals surface area contributed by atoms with Crippen LogP contribution in [0.3, 0.4) is 0 Å². The summed E-state index contributed by atoms with van der Waals surface area (Å²) in [6.45, 7) is 3.55. The molecule has 1 aromatic carbocycles. The van der Waals surface area contributed by atoms with E-state index in [0.717, 1.165) is 23.4 Å². The van der Waals surface area contributed by atoms with E-state index < -0.39 is 0 Å². The second kappa shape index (κ2) is 10.5. The highest BCUT2D eigenvalue weighted by molar-refractivity contribution is 5.84. The fourth-order valence-electron chi connectivity index (χ4n) is 2.26. The molecule has 1 unspecified atom stereocenters. The number of nitrogens with one attached hydrogen (secondary N) is 3. The first-order valence-corrected chi connectivity index (χ1v) is 8.05. The summed E-state index contributed by atoms with van der Waals surface area (Å²) >= 11 is 0. The highest BCUT2D eigenvalue weighted by Gasteiger charge is 2.12. The van der Waals surface area contributed by atoms with Gasteiger partial charge in [0.2, 0.25) is 5.91 Å². The minimum atomic E-state index is -0.172. The van der Waals surface area contributed by atoms with Gasteiger partial charge in [0.1, 0.15) is 0 Å². The van der Waals surface area contributed by atoms with Crippen LogP contribution in [0.2, 0.25) is 0 Å². The second-order valence-electron chi connectivity index (χ2n) is 5.55. The van der Waals surface area contributed by atoms with E-state index in [9.17, 15) is 9.59 Å². The van der Waals surface area contributed by atoms with Gasteiger partial charge in [-0.2, -0.15) is 0 Å². The van der Waals surface area contributed by atoms with E-state index in [1.807, 2.05) is 32.2 Å². The number of quaternary nitrogens is 1. The summed E-state index contributed by atoms with van der Waals surface area (Å²) in [6, 6.07) is 5.81. The Morgan fingerprint density at radius 1 is 1.08 bits per heavy atom. The highest BCUT2D eigenvalue weighted by atomic mass is 16.5. The van der Waals surface area contributed by atoms with Crippen LogP contribution >= 0.6 is 0 Å². The lowest BCUT2D eigenvalue weighted by atomic mass is 10.1. The van der Waals surface area contributed by atoms with Crippen molar-refractivity contribution in [3.8, 4) is 11.5 Å². The SMILES string of the molecule is CCNC(=O)CNC(=O)C[NH+](C)CCc1ccc(OC)c(OC)c1. The van der Waals surface area contributed by atoms with Crippen molar-refractivity contribution in [2.24, 2.45) is 0 Å². The second-order valence-corrected chi connectivity index (χ2v) is 5.55. The maximum absolute atomic E-state index is 11.8. The summed E-state index contributed by atoms with van der Waals surface area (Å²) in [4.78, 5) is 24.2. The lowest BCUT2D eigenvalue weighted by molar-refractivity contribution is -0.870. The minimum Gasteiger partial charge on any atom is -0.493 e. The summed E-state index contributed by atoms with van der Waals surface area (Å²) in [6.07, 6.45) is 0.815. The van der Waals surface area contributed by atoms with Crippen LogP contribution in [0.4, 0.5) is 0 Å². The zero-order valence-corrected chi connectivity index (χ0v) is 14.9. The first kappa shape index (κ1) is 19.8. The number of carbonyl (C=O) groups is 2. The maximum Gasteiger partial charge on any atom is 0.275 e. The fourth-order valence-corrected chi connectivity index (χ4v) is 2.26. The van der Waals surface area contributed by atoms with Gasteiger partial charge in [0, 0.05) is 13.0 Å². The average Bonchev–Trinajstić information content (AvgIpc) is 2.58. The van der Waals surface area contributed by atoms with Crippen molar-refractivity contribution in [2.75, 3.05) is 47.4 Å². The molecule has 0 aromatic heterocycles. The summed E-state index contributed by atoms with van der Waals surface area (Å²) in [5, 5.41) is 5.26. The normalized spacial score (nSPS) is 11.5. The van der Waals surface area contributed by atoms with Gasteiger partial charge in [-0.1, -0.05) is 6.07 Å². The number of ether oxygens (including phenoxy) is 2. The first-order valence-electron chi connectivity index (χ1n) is 8.05. The van der Waals surface area contributed by atoms with Crippen molar-refractivity contribution >= 4 is 11.8 Å². The lowest BCUT2D eigenvalue weighted by Gasteiger charge is -2.14. The number of methoxy groups -OCH3 is 2. The zero-order valence-electron chi connectivity index (χ0n) is 14.9. The number of amides is 2. The molecular formula is C17H28N3O4+. The Bertz CT molecular complexity index is 549. The predicted molar refractivity (Wildman–Crippen MR) is 91.6 cm³/mol. The van der Waals surface area contributed by atoms with Gasteiger partial charge < -0.3 is 25.0 Å². The van der Waals surface area contributed by atoms with Crippen LogP contribution in [0, 0.1) is 0 Å². The third-order valence-electron chi connectivity index (χ3n) is 3.57. The minimum absolute atomic E-state index is 0.0234. The quantitative estimate of drug-likeness (QED) is 0.512. The molecule has 0 saturated carbocycles. The Kier molecular flexibility index (Phi) is 8.64. The third-order valence-corrected chi connectivity index (χ3v) is 3.57. The number of benzene rings is 1. The van der Waals surface area contributed by atoms with E-state index >= 15 is 0 Å². The van der Waals surface area contributed by atoms with Gasteiger partial charge in [-0.25, -0.2) is 0 Å². The molecule has 0 aliphatic carbocycles. The molecular weight excluding hydrogens is 310 g/mol. The predicted octanol–water partition coefficient (Wildman–Crippen LogP) is -0.987. The van der Waals surface area contributed by atoms with Crippen LogP contribution in [-0.4, -0.2) is 59.3 Å². The molecule has 7 nitrogen and oxygen atoms in total. The molecule has 24 heavy (non-hydrogen) atoms. The third kappa shape index (κ3) is 6.87. The van der Waals surface area contributed by atoms with Crippen LogP contribution in [0.5, 0.6) is 11.5 Å². The summed E-state index contributed by atoms with van der Waals surface area (Å²) in [7, 11) is 5.17. The van der Waals surface area contributed by atoms with Crippen molar-refractivity contribution < 1.29 is 24.0 Å². The molecule has 0 radical (unpaired) electrons. The highest BCUT2D eigenvalue weighted by Crippen LogP contribution is 2.27. The molecule has 7 heteroatoms. The number of likely N-dealkylation sites (N-methyl/N-ethyl adjacent to an activating group) is 2. The monoisotopic (exact) mass is 338 g/mol. The van der Waals surface area contributed by atoms with E-state index in [1.165, 1.54) is 0 Å². The summed E-state index contributed by atoms with van der Waals surface area (Å²) in [5.74, 6) is 1.10. The molecule has 1 rings (SSSR count). The van der Waals surface area contributed by atoms with E-state index in [0.29, 0.717) is 24.6 Å². The van der Waals surface area contributed by atoms with Crippen molar-refractivity contribution in [2.45, 2.75) is 13.3 Å². The van der Waals surface area contributed by atoms with E-state index in [2.05, 4.69) is 10.6 Å². The molecule has 1 atom stereocenters. The van der Waals surface area contributed by atoms with Crippen molar-refractivity contribution in [1.82, 2.24) is 10.6 Å². The van der Waals surface area contributed by atoms with E-state index in [4.69, 9.17) is 9.47 Å². The van der Waals surface area contributed by atoms with Gasteiger partial charge in [0.05, 0.1) is 34.4 Å². The van der Waals surface area contributed by atoms with Gasteiger partial charge >= 0.3 is 0 Å². The van der Waals surface area contributed by atoms with Gasteiger partial charge in [-0.3, -0.25) is 9.59 Å². The molecule has 134 valence electrons. The standard InChI is InChI=1S/C17H27N3O4/c1-5-18-16(21)11-19-17(22)12-20(2)9-8-13-6-7-14(23-3)15(10-13)24-4/h6-7,10H,5,8-9,11-12H2,1-4H3,(H,18,21)(H,19,22)/p+1. The lowest BCUT2D eigenvalue weighted by Crippen LogP contribution is -3.10. The first-order chi connectivity index (χ1) is 11.5. The number of hydrogen-bond donors (Lipinski definition) is 3. The molecule has 0 bridgehead atoms. The Hall–Kier alpha value is -2.28. The molecule has 0 aliphatic rings. The van der Waals surface area contributed by atoms with Crippen LogP contribution in [0.1, 0.15) is 12.5 Å². The van der Waals surface area contributed by atoms with Crippen molar-refractivity contribution in [3.05, 3.63) is 23.8 Å². The van der Waals surface area contributed by atoms with Crippen LogP contribution < -0.4 is 25.0 Å². The van der Waals surface area contributed by atoms with Gasteiger partial charge in [0.15, 0.2) is 18.0 Å². The van der Waals surface area contributed by atoms with Gasteiger partial charge in [-0.15, -0.1) is 0 Å². The Balaban J connectivity index is 2.39. The molecule has 2 amide bonds. The topological polar surface area (TPSA) is 81.1 Å². The van der Waals surface area contributed by atoms with E-state index in [1.54, 1.807) is 14.2 Å². The Labute approximate surface area is 143 Å². The fraction of sp³-hybridized carbons (Fsp3) is 0.529. The molecule has 0 heterocycles. The molecule has 3 N–H and O–H groups in total. The summed E-state index contributed by atoms with van der Waals surface area (Å²) in [5.41, 5.74) is 1.12. The van der Waals surface area contributed by atoms with Crippen LogP contribution in [0.25, 0.3) is 0 Å². The molecule has 0 fully saturated rings. The maximum atomic E-state index is 11.8. The largest absolute Gasteiger partial charge is 0.493 e. The van der Waals surface area contributed by atoms with Crippen LogP contribution in [-0.2, 0) is 16.0 Å². The molecule has 0 aliphatic heterocycles. The van der Waals surface area contributed by atoms with Crippen molar-refractivity contribution in [1.29, 1.82) is 0 Å². The van der Waals surface area contributed by atoms with Crippen molar-refractivity contribution in [3.63, 3.8) is 0 Å². The number of hydrogen-bond acceptors (Lipinski definition) is 4. The number of carbonyl (C=O) groups excluding carboxylic acids is 2. The average molecular weight is 338 g/mol. The number of rotatable bonds is 10. The molecule has 0 spiro atoms. The molecule has 1 aromatic rings. The molecule has 0 saturated heterocycles. The zero-order chi connectivity index (χ0) is 17.9. The Morgan fingerprint density at radius 2 is 1.79 bits per heavy atom.